The van der Waals surface area contributed by atoms with Crippen LogP contribution in [0.4, 0.5) is 0 Å². The smallest absolute Gasteiger partial charge is 0.270 e. The van der Waals surface area contributed by atoms with Gasteiger partial charge in [-0.3, -0.25) is 9.36 Å². The van der Waals surface area contributed by atoms with Gasteiger partial charge in [-0.2, -0.15) is 0 Å². The molecular formula is C28H30Cl2N6OS2. The SMILES string of the molecule is CC1CCCCN1CCCNC(=O)c1csc(CSc2nnc(-c3ccccc3Cl)n2-c2cccc(Cl)c2)n1. The van der Waals surface area contributed by atoms with E-state index in [-0.39, 0.29) is 5.91 Å². The fourth-order valence-corrected chi connectivity index (χ4v) is 6.85. The van der Waals surface area contributed by atoms with Crippen LogP contribution in [0.5, 0.6) is 0 Å². The molecule has 0 bridgehead atoms. The molecule has 0 spiro atoms. The minimum absolute atomic E-state index is 0.128. The summed E-state index contributed by atoms with van der Waals surface area (Å²) in [5.74, 6) is 1.05. The molecule has 0 aliphatic carbocycles. The first-order valence-corrected chi connectivity index (χ1v) is 15.7. The fraction of sp³-hybridized carbons (Fsp3) is 0.357. The molecule has 1 amide bonds. The van der Waals surface area contributed by atoms with Gasteiger partial charge in [0, 0.05) is 35.1 Å². The van der Waals surface area contributed by atoms with E-state index in [9.17, 15) is 4.79 Å². The highest BCUT2D eigenvalue weighted by atomic mass is 35.5. The fourth-order valence-electron chi connectivity index (χ4n) is 4.70. The minimum atomic E-state index is -0.128. The Morgan fingerprint density at radius 1 is 1.15 bits per heavy atom. The Bertz CT molecular complexity index is 1420. The van der Waals surface area contributed by atoms with Gasteiger partial charge in [-0.25, -0.2) is 4.98 Å². The molecule has 1 N–H and O–H groups in total. The van der Waals surface area contributed by atoms with Crippen molar-refractivity contribution < 1.29 is 4.79 Å². The standard InChI is InChI=1S/C28H30Cl2N6OS2/c1-19-8-4-5-14-35(19)15-7-13-31-27(37)24-17-38-25(32-24)18-39-28-34-33-26(22-11-2-3-12-23(22)30)36(28)21-10-6-9-20(29)16-21/h2-3,6,9-12,16-17,19H,4-5,7-8,13-15,18H2,1H3,(H,31,37). The molecule has 4 aromatic rings. The topological polar surface area (TPSA) is 75.9 Å². The molecule has 2 aromatic carbocycles. The number of piperidine rings is 1. The van der Waals surface area contributed by atoms with Crippen molar-refractivity contribution in [1.82, 2.24) is 30.0 Å². The minimum Gasteiger partial charge on any atom is -0.351 e. The van der Waals surface area contributed by atoms with Gasteiger partial charge in [-0.05, 0) is 63.1 Å². The zero-order valence-electron chi connectivity index (χ0n) is 21.6. The van der Waals surface area contributed by atoms with Crippen LogP contribution in [0.25, 0.3) is 17.1 Å². The zero-order chi connectivity index (χ0) is 27.2. The number of hydrogen-bond acceptors (Lipinski definition) is 7. The van der Waals surface area contributed by atoms with Crippen LogP contribution in [0.3, 0.4) is 0 Å². The van der Waals surface area contributed by atoms with Crippen LogP contribution in [-0.4, -0.2) is 56.2 Å². The lowest BCUT2D eigenvalue weighted by Crippen LogP contribution is -2.39. The Labute approximate surface area is 246 Å². The number of carbonyl (C=O) groups is 1. The summed E-state index contributed by atoms with van der Waals surface area (Å²) in [4.78, 5) is 19.8. The number of nitrogens with one attached hydrogen (secondary N) is 1. The van der Waals surface area contributed by atoms with Gasteiger partial charge in [-0.1, -0.05) is 59.6 Å². The largest absolute Gasteiger partial charge is 0.351 e. The summed E-state index contributed by atoms with van der Waals surface area (Å²) in [5.41, 5.74) is 2.07. The lowest BCUT2D eigenvalue weighted by molar-refractivity contribution is 0.0944. The first-order chi connectivity index (χ1) is 19.0. The van der Waals surface area contributed by atoms with Crippen molar-refractivity contribution >= 4 is 52.2 Å². The summed E-state index contributed by atoms with van der Waals surface area (Å²) in [7, 11) is 0. The number of likely N-dealkylation sites (tertiary alicyclic amines) is 1. The number of carbonyl (C=O) groups excluding carboxylic acids is 1. The average molecular weight is 602 g/mol. The molecular weight excluding hydrogens is 571 g/mol. The highest BCUT2D eigenvalue weighted by molar-refractivity contribution is 7.98. The van der Waals surface area contributed by atoms with Crippen molar-refractivity contribution in [2.24, 2.45) is 0 Å². The van der Waals surface area contributed by atoms with E-state index in [1.54, 1.807) is 0 Å². The van der Waals surface area contributed by atoms with Crippen molar-refractivity contribution in [3.8, 4) is 17.1 Å². The van der Waals surface area contributed by atoms with Gasteiger partial charge in [0.25, 0.3) is 5.91 Å². The highest BCUT2D eigenvalue weighted by Crippen LogP contribution is 2.34. The first-order valence-electron chi connectivity index (χ1n) is 13.1. The number of aromatic nitrogens is 4. The van der Waals surface area contributed by atoms with E-state index in [0.717, 1.165) is 35.8 Å². The maximum absolute atomic E-state index is 12.7. The van der Waals surface area contributed by atoms with Crippen molar-refractivity contribution in [3.63, 3.8) is 0 Å². The number of halogens is 2. The number of thiazole rings is 1. The lowest BCUT2D eigenvalue weighted by atomic mass is 10.0. The molecule has 11 heteroatoms. The predicted octanol–water partition coefficient (Wildman–Crippen LogP) is 6.98. The normalized spacial score (nSPS) is 15.9. The molecule has 39 heavy (non-hydrogen) atoms. The first kappa shape index (κ1) is 28.1. The van der Waals surface area contributed by atoms with Gasteiger partial charge in [0.05, 0.1) is 16.5 Å². The zero-order valence-corrected chi connectivity index (χ0v) is 24.8. The molecule has 1 aliphatic heterocycles. The summed E-state index contributed by atoms with van der Waals surface area (Å²) in [5, 5.41) is 16.5. The quantitative estimate of drug-likeness (QED) is 0.156. The average Bonchev–Trinajstić information content (AvgIpc) is 3.58. The molecule has 7 nitrogen and oxygen atoms in total. The van der Waals surface area contributed by atoms with Crippen molar-refractivity contribution in [2.75, 3.05) is 19.6 Å². The van der Waals surface area contributed by atoms with Crippen LogP contribution in [0.2, 0.25) is 10.0 Å². The third kappa shape index (κ3) is 7.02. The van der Waals surface area contributed by atoms with Crippen LogP contribution >= 0.6 is 46.3 Å². The summed E-state index contributed by atoms with van der Waals surface area (Å²) in [6.45, 7) is 5.12. The van der Waals surface area contributed by atoms with Gasteiger partial charge in [0.1, 0.15) is 10.7 Å². The van der Waals surface area contributed by atoms with Gasteiger partial charge in [0.2, 0.25) is 0 Å². The van der Waals surface area contributed by atoms with Crippen LogP contribution in [0.1, 0.15) is 48.1 Å². The third-order valence-corrected chi connectivity index (χ3v) is 9.31. The van der Waals surface area contributed by atoms with E-state index < -0.39 is 0 Å². The summed E-state index contributed by atoms with van der Waals surface area (Å²) >= 11 is 15.8. The van der Waals surface area contributed by atoms with E-state index in [0.29, 0.717) is 45.1 Å². The van der Waals surface area contributed by atoms with E-state index in [2.05, 4.69) is 32.3 Å². The molecule has 204 valence electrons. The molecule has 0 saturated carbocycles. The van der Waals surface area contributed by atoms with Crippen molar-refractivity contribution in [3.05, 3.63) is 74.7 Å². The van der Waals surface area contributed by atoms with Crippen molar-refractivity contribution in [2.45, 2.75) is 49.6 Å². The number of benzene rings is 2. The molecule has 1 aliphatic rings. The van der Waals surface area contributed by atoms with E-state index in [1.807, 2.05) is 58.5 Å². The number of nitrogens with zero attached hydrogens (tertiary/aromatic N) is 5. The molecule has 1 atom stereocenters. The van der Waals surface area contributed by atoms with Gasteiger partial charge >= 0.3 is 0 Å². The molecule has 1 saturated heterocycles. The van der Waals surface area contributed by atoms with Crippen LogP contribution < -0.4 is 5.32 Å². The van der Waals surface area contributed by atoms with Crippen LogP contribution in [0.15, 0.2) is 59.1 Å². The molecule has 5 rings (SSSR count). The maximum atomic E-state index is 12.7. The molecule has 3 heterocycles. The monoisotopic (exact) mass is 600 g/mol. The van der Waals surface area contributed by atoms with E-state index in [4.69, 9.17) is 23.2 Å². The molecule has 1 unspecified atom stereocenters. The molecule has 0 radical (unpaired) electrons. The Morgan fingerprint density at radius 3 is 2.85 bits per heavy atom. The van der Waals surface area contributed by atoms with Crippen LogP contribution in [-0.2, 0) is 5.75 Å². The Hall–Kier alpha value is -2.43. The van der Waals surface area contributed by atoms with Gasteiger partial charge < -0.3 is 10.2 Å². The second-order valence-corrected chi connectivity index (χ2v) is 12.2. The lowest BCUT2D eigenvalue weighted by Gasteiger charge is -2.33. The summed E-state index contributed by atoms with van der Waals surface area (Å²) < 4.78 is 1.95. The highest BCUT2D eigenvalue weighted by Gasteiger charge is 2.20. The van der Waals surface area contributed by atoms with E-state index in [1.165, 1.54) is 42.4 Å². The number of hydrogen-bond donors (Lipinski definition) is 1. The molecule has 1 fully saturated rings. The number of amides is 1. The van der Waals surface area contributed by atoms with E-state index >= 15 is 0 Å². The molecule has 2 aromatic heterocycles. The predicted molar refractivity (Wildman–Crippen MR) is 160 cm³/mol. The van der Waals surface area contributed by atoms with Gasteiger partial charge in [0.15, 0.2) is 11.0 Å². The third-order valence-electron chi connectivity index (χ3n) is 6.77. The summed E-state index contributed by atoms with van der Waals surface area (Å²) in [6.07, 6.45) is 4.80. The number of thioether (sulfide) groups is 1. The Balaban J connectivity index is 1.23. The van der Waals surface area contributed by atoms with Crippen LogP contribution in [0, 0.1) is 0 Å². The Morgan fingerprint density at radius 2 is 2.03 bits per heavy atom. The second kappa shape index (κ2) is 13.3. The number of rotatable bonds is 10. The summed E-state index contributed by atoms with van der Waals surface area (Å²) in [6, 6.07) is 15.7. The Kier molecular flexibility index (Phi) is 9.57. The second-order valence-electron chi connectivity index (χ2n) is 9.51. The van der Waals surface area contributed by atoms with Crippen molar-refractivity contribution in [1.29, 1.82) is 0 Å². The maximum Gasteiger partial charge on any atom is 0.270 e. The van der Waals surface area contributed by atoms with Gasteiger partial charge in [-0.15, -0.1) is 21.5 Å².